The normalized spacial score (nSPS) is 14.8. The summed E-state index contributed by atoms with van der Waals surface area (Å²) in [6.07, 6.45) is 3.84. The van der Waals surface area contributed by atoms with E-state index in [2.05, 4.69) is 36.2 Å². The molecule has 1 fully saturated rings. The van der Waals surface area contributed by atoms with Crippen LogP contribution in [0.15, 0.2) is 18.2 Å². The number of halogens is 1. The van der Waals surface area contributed by atoms with Gasteiger partial charge in [0.1, 0.15) is 0 Å². The summed E-state index contributed by atoms with van der Waals surface area (Å²) in [6, 6.07) is 7.02. The van der Waals surface area contributed by atoms with Crippen LogP contribution in [0.1, 0.15) is 38.7 Å². The molecule has 0 amide bonds. The molecule has 100 valence electrons. The summed E-state index contributed by atoms with van der Waals surface area (Å²) in [5, 5.41) is 4.28. The third-order valence-corrected chi connectivity index (χ3v) is 3.76. The van der Waals surface area contributed by atoms with Crippen molar-refractivity contribution < 1.29 is 0 Å². The number of anilines is 1. The third-order valence-electron chi connectivity index (χ3n) is 3.41. The molecule has 0 saturated heterocycles. The van der Waals surface area contributed by atoms with Crippen LogP contribution in [0.4, 0.5) is 5.69 Å². The lowest BCUT2D eigenvalue weighted by Gasteiger charge is -2.27. The summed E-state index contributed by atoms with van der Waals surface area (Å²) in [5.41, 5.74) is 2.58. The molecule has 1 aromatic carbocycles. The molecule has 18 heavy (non-hydrogen) atoms. The van der Waals surface area contributed by atoms with Crippen LogP contribution >= 0.6 is 11.6 Å². The van der Waals surface area contributed by atoms with Gasteiger partial charge in [0, 0.05) is 35.4 Å². The van der Waals surface area contributed by atoms with E-state index in [0.29, 0.717) is 0 Å². The van der Waals surface area contributed by atoms with Gasteiger partial charge in [0.05, 0.1) is 0 Å². The van der Waals surface area contributed by atoms with E-state index in [-0.39, 0.29) is 0 Å². The molecule has 1 aliphatic rings. The largest absolute Gasteiger partial charge is 0.368 e. The highest BCUT2D eigenvalue weighted by Gasteiger charge is 2.30. The highest BCUT2D eigenvalue weighted by molar-refractivity contribution is 6.31. The summed E-state index contributed by atoms with van der Waals surface area (Å²) in [6.45, 7) is 7.33. The number of rotatable bonds is 7. The Hall–Kier alpha value is -0.730. The number of hydrogen-bond donors (Lipinski definition) is 1. The van der Waals surface area contributed by atoms with Crippen molar-refractivity contribution in [1.82, 2.24) is 5.32 Å². The zero-order valence-electron chi connectivity index (χ0n) is 11.4. The molecular weight excluding hydrogens is 244 g/mol. The fraction of sp³-hybridized carbons (Fsp3) is 0.600. The molecule has 0 unspecified atom stereocenters. The molecule has 1 aromatic rings. The van der Waals surface area contributed by atoms with Crippen LogP contribution < -0.4 is 10.2 Å². The van der Waals surface area contributed by atoms with Gasteiger partial charge in [-0.25, -0.2) is 0 Å². The summed E-state index contributed by atoms with van der Waals surface area (Å²) < 4.78 is 0. The first-order chi connectivity index (χ1) is 8.77. The molecule has 2 rings (SSSR count). The lowest BCUT2D eigenvalue weighted by molar-refractivity contribution is 0.711. The van der Waals surface area contributed by atoms with Gasteiger partial charge in [-0.1, -0.05) is 31.5 Å². The second kappa shape index (κ2) is 6.44. The number of nitrogens with zero attached hydrogens (tertiary/aromatic N) is 1. The zero-order valence-corrected chi connectivity index (χ0v) is 12.1. The standard InChI is InChI=1S/C15H23ClN2/c1-3-10-18(12-8-9-12)15-7-5-6-14(16)13(15)11-17-4-2/h5-7,12,17H,3-4,8-11H2,1-2H3. The maximum Gasteiger partial charge on any atom is 0.0471 e. The maximum atomic E-state index is 6.37. The van der Waals surface area contributed by atoms with E-state index in [0.717, 1.165) is 30.7 Å². The molecule has 0 heterocycles. The minimum absolute atomic E-state index is 0.740. The van der Waals surface area contributed by atoms with Crippen molar-refractivity contribution in [2.45, 2.75) is 45.7 Å². The third kappa shape index (κ3) is 3.18. The molecule has 1 saturated carbocycles. The van der Waals surface area contributed by atoms with Gasteiger partial charge < -0.3 is 10.2 Å². The molecule has 0 spiro atoms. The molecule has 3 heteroatoms. The number of hydrogen-bond acceptors (Lipinski definition) is 2. The Morgan fingerprint density at radius 3 is 2.72 bits per heavy atom. The molecule has 1 N–H and O–H groups in total. The van der Waals surface area contributed by atoms with Crippen molar-refractivity contribution in [3.63, 3.8) is 0 Å². The smallest absolute Gasteiger partial charge is 0.0471 e. The van der Waals surface area contributed by atoms with Crippen LogP contribution in [0.25, 0.3) is 0 Å². The Labute approximate surface area is 115 Å². The average molecular weight is 267 g/mol. The SMILES string of the molecule is CCCN(c1cccc(Cl)c1CNCC)C1CC1. The fourth-order valence-electron chi connectivity index (χ4n) is 2.37. The van der Waals surface area contributed by atoms with E-state index in [1.807, 2.05) is 6.07 Å². The maximum absolute atomic E-state index is 6.37. The van der Waals surface area contributed by atoms with Crippen LogP contribution in [-0.4, -0.2) is 19.1 Å². The monoisotopic (exact) mass is 266 g/mol. The Morgan fingerprint density at radius 2 is 2.11 bits per heavy atom. The lowest BCUT2D eigenvalue weighted by Crippen LogP contribution is -2.28. The van der Waals surface area contributed by atoms with E-state index in [1.165, 1.54) is 30.5 Å². The Kier molecular flexibility index (Phi) is 4.90. The molecular formula is C15H23ClN2. The quantitative estimate of drug-likeness (QED) is 0.807. The van der Waals surface area contributed by atoms with Gasteiger partial charge in [0.15, 0.2) is 0 Å². The predicted octanol–water partition coefficient (Wildman–Crippen LogP) is 3.83. The molecule has 1 aliphatic carbocycles. The zero-order chi connectivity index (χ0) is 13.0. The van der Waals surface area contributed by atoms with Crippen molar-refractivity contribution in [2.24, 2.45) is 0 Å². The Morgan fingerprint density at radius 1 is 1.33 bits per heavy atom. The van der Waals surface area contributed by atoms with Gasteiger partial charge in [-0.2, -0.15) is 0 Å². The predicted molar refractivity (Wildman–Crippen MR) is 79.5 cm³/mol. The second-order valence-electron chi connectivity index (χ2n) is 4.94. The highest BCUT2D eigenvalue weighted by Crippen LogP contribution is 2.36. The highest BCUT2D eigenvalue weighted by atomic mass is 35.5. The molecule has 0 bridgehead atoms. The summed E-state index contributed by atoms with van der Waals surface area (Å²) >= 11 is 6.37. The first kappa shape index (κ1) is 13.7. The van der Waals surface area contributed by atoms with Gasteiger partial charge in [0.2, 0.25) is 0 Å². The van der Waals surface area contributed by atoms with Crippen molar-refractivity contribution in [2.75, 3.05) is 18.0 Å². The molecule has 2 nitrogen and oxygen atoms in total. The van der Waals surface area contributed by atoms with E-state index in [4.69, 9.17) is 11.6 Å². The van der Waals surface area contributed by atoms with Gasteiger partial charge in [-0.15, -0.1) is 0 Å². The van der Waals surface area contributed by atoms with Crippen LogP contribution in [0.5, 0.6) is 0 Å². The fourth-order valence-corrected chi connectivity index (χ4v) is 2.60. The van der Waals surface area contributed by atoms with Crippen molar-refractivity contribution in [1.29, 1.82) is 0 Å². The minimum atomic E-state index is 0.740. The van der Waals surface area contributed by atoms with Crippen molar-refractivity contribution in [3.8, 4) is 0 Å². The molecule has 0 aliphatic heterocycles. The first-order valence-electron chi connectivity index (χ1n) is 7.02. The molecule has 0 aromatic heterocycles. The van der Waals surface area contributed by atoms with E-state index >= 15 is 0 Å². The molecule has 0 radical (unpaired) electrons. The Balaban J connectivity index is 2.25. The second-order valence-corrected chi connectivity index (χ2v) is 5.35. The van der Waals surface area contributed by atoms with Gasteiger partial charge >= 0.3 is 0 Å². The minimum Gasteiger partial charge on any atom is -0.368 e. The van der Waals surface area contributed by atoms with Gasteiger partial charge in [0.25, 0.3) is 0 Å². The van der Waals surface area contributed by atoms with Gasteiger partial charge in [-0.3, -0.25) is 0 Å². The number of benzene rings is 1. The van der Waals surface area contributed by atoms with Crippen LogP contribution in [0.3, 0.4) is 0 Å². The topological polar surface area (TPSA) is 15.3 Å². The first-order valence-corrected chi connectivity index (χ1v) is 7.40. The van der Waals surface area contributed by atoms with Crippen molar-refractivity contribution in [3.05, 3.63) is 28.8 Å². The average Bonchev–Trinajstić information content (AvgIpc) is 3.19. The summed E-state index contributed by atoms with van der Waals surface area (Å²) in [7, 11) is 0. The van der Waals surface area contributed by atoms with Crippen LogP contribution in [-0.2, 0) is 6.54 Å². The molecule has 0 atom stereocenters. The van der Waals surface area contributed by atoms with Crippen LogP contribution in [0, 0.1) is 0 Å². The van der Waals surface area contributed by atoms with Crippen molar-refractivity contribution >= 4 is 17.3 Å². The number of nitrogens with one attached hydrogen (secondary N) is 1. The summed E-state index contributed by atoms with van der Waals surface area (Å²) in [4.78, 5) is 2.54. The van der Waals surface area contributed by atoms with E-state index in [1.54, 1.807) is 0 Å². The Bertz CT molecular complexity index is 388. The summed E-state index contributed by atoms with van der Waals surface area (Å²) in [5.74, 6) is 0. The van der Waals surface area contributed by atoms with E-state index in [9.17, 15) is 0 Å². The van der Waals surface area contributed by atoms with Gasteiger partial charge in [-0.05, 0) is 37.9 Å². The van der Waals surface area contributed by atoms with Crippen LogP contribution in [0.2, 0.25) is 5.02 Å². The van der Waals surface area contributed by atoms with E-state index < -0.39 is 0 Å². The lowest BCUT2D eigenvalue weighted by atomic mass is 10.1.